The molecule has 1 aromatic heterocycles. The Kier molecular flexibility index (Phi) is 4.00. The van der Waals surface area contributed by atoms with Gasteiger partial charge in [-0.2, -0.15) is 13.2 Å². The Morgan fingerprint density at radius 3 is 2.33 bits per heavy atom. The molecule has 2 aromatic rings. The first-order chi connectivity index (χ1) is 9.70. The average molecular weight is 298 g/mol. The van der Waals surface area contributed by atoms with Crippen molar-refractivity contribution < 1.29 is 17.6 Å². The fourth-order valence-electron chi connectivity index (χ4n) is 2.16. The normalized spacial score (nSPS) is 13.3. The van der Waals surface area contributed by atoms with E-state index in [-0.39, 0.29) is 5.56 Å². The van der Waals surface area contributed by atoms with E-state index >= 15 is 0 Å². The summed E-state index contributed by atoms with van der Waals surface area (Å²) in [4.78, 5) is 4.23. The quantitative estimate of drug-likeness (QED) is 0.854. The summed E-state index contributed by atoms with van der Waals surface area (Å²) in [6, 6.07) is 5.46. The smallest absolute Gasteiger partial charge is 0.320 e. The third-order valence-electron chi connectivity index (χ3n) is 3.26. The highest BCUT2D eigenvalue weighted by molar-refractivity contribution is 5.37. The Balaban J connectivity index is 2.46. The molecule has 0 spiro atoms. The van der Waals surface area contributed by atoms with Gasteiger partial charge >= 0.3 is 6.18 Å². The monoisotopic (exact) mass is 298 g/mol. The van der Waals surface area contributed by atoms with E-state index in [0.717, 1.165) is 17.8 Å². The molecule has 0 amide bonds. The number of halogens is 4. The molecule has 6 heteroatoms. The van der Waals surface area contributed by atoms with Gasteiger partial charge in [-0.05, 0) is 43.2 Å². The maximum atomic E-state index is 13.3. The molecule has 1 unspecified atom stereocenters. The average Bonchev–Trinajstić information content (AvgIpc) is 2.37. The van der Waals surface area contributed by atoms with Crippen molar-refractivity contribution in [3.05, 3.63) is 64.2 Å². The zero-order valence-corrected chi connectivity index (χ0v) is 11.5. The molecule has 2 N–H and O–H groups in total. The first kappa shape index (κ1) is 15.4. The standard InChI is InChI=1S/C15H14F4N2/c1-8-3-5-11(9(2)21-8)14(20)10-4-6-13(16)12(7-10)15(17,18)19/h3-7,14H,20H2,1-2H3. The minimum Gasteiger partial charge on any atom is -0.320 e. The van der Waals surface area contributed by atoms with Crippen LogP contribution in [0.3, 0.4) is 0 Å². The lowest BCUT2D eigenvalue weighted by atomic mass is 9.96. The second-order valence-electron chi connectivity index (χ2n) is 4.84. The van der Waals surface area contributed by atoms with Gasteiger partial charge in [-0.15, -0.1) is 0 Å². The van der Waals surface area contributed by atoms with Gasteiger partial charge in [0.1, 0.15) is 5.82 Å². The fourth-order valence-corrected chi connectivity index (χ4v) is 2.16. The van der Waals surface area contributed by atoms with Crippen molar-refractivity contribution in [1.82, 2.24) is 4.98 Å². The number of aryl methyl sites for hydroxylation is 2. The Morgan fingerprint density at radius 2 is 1.76 bits per heavy atom. The summed E-state index contributed by atoms with van der Waals surface area (Å²) < 4.78 is 51.5. The highest BCUT2D eigenvalue weighted by atomic mass is 19.4. The molecule has 1 aromatic carbocycles. The maximum Gasteiger partial charge on any atom is 0.419 e. The second-order valence-corrected chi connectivity index (χ2v) is 4.84. The molecule has 1 heterocycles. The summed E-state index contributed by atoms with van der Waals surface area (Å²) in [6.45, 7) is 3.54. The minimum atomic E-state index is -4.75. The van der Waals surface area contributed by atoms with Gasteiger partial charge in [-0.1, -0.05) is 12.1 Å². The first-order valence-electron chi connectivity index (χ1n) is 6.26. The Morgan fingerprint density at radius 1 is 1.10 bits per heavy atom. The first-order valence-corrected chi connectivity index (χ1v) is 6.26. The third-order valence-corrected chi connectivity index (χ3v) is 3.26. The predicted octanol–water partition coefficient (Wildman–Crippen LogP) is 3.90. The van der Waals surface area contributed by atoms with E-state index in [1.165, 1.54) is 6.07 Å². The van der Waals surface area contributed by atoms with Crippen LogP contribution in [0.2, 0.25) is 0 Å². The Hall–Kier alpha value is -1.95. The maximum absolute atomic E-state index is 13.3. The van der Waals surface area contributed by atoms with Crippen molar-refractivity contribution in [3.8, 4) is 0 Å². The summed E-state index contributed by atoms with van der Waals surface area (Å²) in [5.41, 5.74) is 6.92. The number of pyridine rings is 1. The SMILES string of the molecule is Cc1ccc(C(N)c2ccc(F)c(C(F)(F)F)c2)c(C)n1. The summed E-state index contributed by atoms with van der Waals surface area (Å²) in [5.74, 6) is -1.31. The molecule has 21 heavy (non-hydrogen) atoms. The van der Waals surface area contributed by atoms with Crippen molar-refractivity contribution in [3.63, 3.8) is 0 Å². The van der Waals surface area contributed by atoms with Crippen molar-refractivity contribution in [2.24, 2.45) is 5.73 Å². The van der Waals surface area contributed by atoms with Gasteiger partial charge in [0.05, 0.1) is 11.6 Å². The Bertz CT molecular complexity index is 665. The number of aromatic nitrogens is 1. The van der Waals surface area contributed by atoms with Crippen LogP contribution in [-0.2, 0) is 6.18 Å². The van der Waals surface area contributed by atoms with E-state index in [1.54, 1.807) is 19.1 Å². The number of nitrogens with zero attached hydrogens (tertiary/aromatic N) is 1. The highest BCUT2D eigenvalue weighted by Crippen LogP contribution is 2.33. The van der Waals surface area contributed by atoms with E-state index in [4.69, 9.17) is 5.73 Å². The van der Waals surface area contributed by atoms with Gasteiger partial charge < -0.3 is 5.73 Å². The molecule has 2 nitrogen and oxygen atoms in total. The fraction of sp³-hybridized carbons (Fsp3) is 0.267. The van der Waals surface area contributed by atoms with Crippen LogP contribution in [0, 0.1) is 19.7 Å². The van der Waals surface area contributed by atoms with E-state index in [9.17, 15) is 17.6 Å². The molecule has 0 aliphatic rings. The summed E-state index contributed by atoms with van der Waals surface area (Å²) >= 11 is 0. The van der Waals surface area contributed by atoms with Crippen LogP contribution < -0.4 is 5.73 Å². The molecule has 0 bridgehead atoms. The van der Waals surface area contributed by atoms with Crippen LogP contribution >= 0.6 is 0 Å². The van der Waals surface area contributed by atoms with Crippen molar-refractivity contribution in [2.75, 3.05) is 0 Å². The van der Waals surface area contributed by atoms with Crippen LogP contribution in [0.1, 0.15) is 34.1 Å². The lowest BCUT2D eigenvalue weighted by Gasteiger charge is -2.17. The zero-order chi connectivity index (χ0) is 15.8. The summed E-state index contributed by atoms with van der Waals surface area (Å²) in [5, 5.41) is 0. The van der Waals surface area contributed by atoms with E-state index < -0.39 is 23.6 Å². The number of alkyl halides is 3. The molecule has 0 saturated carbocycles. The molecule has 0 aliphatic carbocycles. The molecule has 0 aliphatic heterocycles. The number of rotatable bonds is 2. The van der Waals surface area contributed by atoms with Crippen molar-refractivity contribution in [1.29, 1.82) is 0 Å². The van der Waals surface area contributed by atoms with Crippen LogP contribution in [-0.4, -0.2) is 4.98 Å². The van der Waals surface area contributed by atoms with Crippen LogP contribution in [0.25, 0.3) is 0 Å². The predicted molar refractivity (Wildman–Crippen MR) is 71.1 cm³/mol. The van der Waals surface area contributed by atoms with Gasteiger partial charge in [0.2, 0.25) is 0 Å². The lowest BCUT2D eigenvalue weighted by molar-refractivity contribution is -0.140. The number of benzene rings is 1. The number of hydrogen-bond donors (Lipinski definition) is 1. The molecule has 0 radical (unpaired) electrons. The Labute approximate surface area is 119 Å². The molecular weight excluding hydrogens is 284 g/mol. The zero-order valence-electron chi connectivity index (χ0n) is 11.5. The summed E-state index contributed by atoms with van der Waals surface area (Å²) in [6.07, 6.45) is -4.75. The van der Waals surface area contributed by atoms with Gasteiger partial charge in [-0.25, -0.2) is 4.39 Å². The molecule has 1 atom stereocenters. The molecule has 0 fully saturated rings. The molecule has 0 saturated heterocycles. The van der Waals surface area contributed by atoms with E-state index in [2.05, 4.69) is 4.98 Å². The van der Waals surface area contributed by atoms with Gasteiger partial charge in [0.25, 0.3) is 0 Å². The van der Waals surface area contributed by atoms with Crippen molar-refractivity contribution in [2.45, 2.75) is 26.1 Å². The largest absolute Gasteiger partial charge is 0.419 e. The van der Waals surface area contributed by atoms with Crippen LogP contribution in [0.15, 0.2) is 30.3 Å². The van der Waals surface area contributed by atoms with Gasteiger partial charge in [0, 0.05) is 11.4 Å². The second kappa shape index (κ2) is 5.44. The van der Waals surface area contributed by atoms with Gasteiger partial charge in [0.15, 0.2) is 0 Å². The molecular formula is C15H14F4N2. The van der Waals surface area contributed by atoms with E-state index in [1.807, 2.05) is 6.92 Å². The third kappa shape index (κ3) is 3.21. The topological polar surface area (TPSA) is 38.9 Å². The molecule has 2 rings (SSSR count). The summed E-state index contributed by atoms with van der Waals surface area (Å²) in [7, 11) is 0. The molecule has 112 valence electrons. The lowest BCUT2D eigenvalue weighted by Crippen LogP contribution is -2.16. The highest BCUT2D eigenvalue weighted by Gasteiger charge is 2.34. The van der Waals surface area contributed by atoms with Crippen molar-refractivity contribution >= 4 is 0 Å². The van der Waals surface area contributed by atoms with Crippen LogP contribution in [0.5, 0.6) is 0 Å². The number of nitrogens with two attached hydrogens (primary N) is 1. The number of hydrogen-bond acceptors (Lipinski definition) is 2. The van der Waals surface area contributed by atoms with Crippen LogP contribution in [0.4, 0.5) is 17.6 Å². The minimum absolute atomic E-state index is 0.192. The van der Waals surface area contributed by atoms with Gasteiger partial charge in [-0.3, -0.25) is 4.98 Å². The van der Waals surface area contributed by atoms with E-state index in [0.29, 0.717) is 11.3 Å².